The number of benzene rings is 1. The Morgan fingerprint density at radius 3 is 2.36 bits per heavy atom. The third-order valence-electron chi connectivity index (χ3n) is 5.02. The normalized spacial score (nSPS) is 13.8. The zero-order valence-corrected chi connectivity index (χ0v) is 19.5. The Bertz CT molecular complexity index is 992. The summed E-state index contributed by atoms with van der Waals surface area (Å²) in [6, 6.07) is 4.68. The van der Waals surface area contributed by atoms with E-state index in [-0.39, 0.29) is 18.1 Å². The lowest BCUT2D eigenvalue weighted by molar-refractivity contribution is -0.138. The molecule has 33 heavy (non-hydrogen) atoms. The Labute approximate surface area is 197 Å². The lowest BCUT2D eigenvalue weighted by Crippen LogP contribution is -2.57. The first-order valence-corrected chi connectivity index (χ1v) is 11.3. The first-order valence-electron chi connectivity index (χ1n) is 10.6. The van der Waals surface area contributed by atoms with E-state index in [1.807, 2.05) is 38.1 Å². The third kappa shape index (κ3) is 7.79. The average molecular weight is 478 g/mol. The van der Waals surface area contributed by atoms with Crippen LogP contribution >= 0.6 is 12.6 Å². The zero-order valence-electron chi connectivity index (χ0n) is 18.6. The minimum absolute atomic E-state index is 0.0464. The third-order valence-corrected chi connectivity index (χ3v) is 5.41. The van der Waals surface area contributed by atoms with Gasteiger partial charge in [0.15, 0.2) is 0 Å². The molecule has 0 saturated heterocycles. The molecule has 0 bridgehead atoms. The minimum Gasteiger partial charge on any atom is -0.480 e. The Kier molecular flexibility index (Phi) is 9.74. The highest BCUT2D eigenvalue weighted by atomic mass is 32.1. The highest BCUT2D eigenvalue weighted by Crippen LogP contribution is 2.19. The van der Waals surface area contributed by atoms with Crippen molar-refractivity contribution in [1.29, 1.82) is 0 Å². The maximum Gasteiger partial charge on any atom is 0.322 e. The number of aromatic amines is 1. The van der Waals surface area contributed by atoms with Gasteiger partial charge in [-0.25, -0.2) is 0 Å². The number of hydrogen-bond donors (Lipinski definition) is 7. The number of nitrogens with one attached hydrogen (secondary N) is 4. The predicted molar refractivity (Wildman–Crippen MR) is 128 cm³/mol. The van der Waals surface area contributed by atoms with E-state index in [0.29, 0.717) is 6.42 Å². The Hall–Kier alpha value is -3.05. The fourth-order valence-electron chi connectivity index (χ4n) is 3.35. The number of thiol groups is 1. The molecule has 1 aromatic heterocycles. The van der Waals surface area contributed by atoms with E-state index in [1.54, 1.807) is 6.20 Å². The minimum atomic E-state index is -1.19. The quantitative estimate of drug-likeness (QED) is 0.215. The lowest BCUT2D eigenvalue weighted by Gasteiger charge is -2.24. The van der Waals surface area contributed by atoms with Crippen molar-refractivity contribution in [2.75, 3.05) is 12.3 Å². The molecule has 1 aromatic carbocycles. The molecule has 180 valence electrons. The molecule has 3 unspecified atom stereocenters. The van der Waals surface area contributed by atoms with Gasteiger partial charge in [0.25, 0.3) is 0 Å². The summed E-state index contributed by atoms with van der Waals surface area (Å²) in [7, 11) is 0. The summed E-state index contributed by atoms with van der Waals surface area (Å²) in [4.78, 5) is 52.1. The van der Waals surface area contributed by atoms with Gasteiger partial charge in [0, 0.05) is 29.3 Å². The van der Waals surface area contributed by atoms with Crippen LogP contribution in [-0.2, 0) is 25.6 Å². The van der Waals surface area contributed by atoms with Crippen molar-refractivity contribution < 1.29 is 24.3 Å². The van der Waals surface area contributed by atoms with Crippen LogP contribution in [0.4, 0.5) is 0 Å². The zero-order chi connectivity index (χ0) is 24.5. The molecule has 0 saturated carbocycles. The van der Waals surface area contributed by atoms with Crippen molar-refractivity contribution in [2.45, 2.75) is 44.8 Å². The molecule has 2 aromatic rings. The largest absolute Gasteiger partial charge is 0.480 e. The van der Waals surface area contributed by atoms with Crippen molar-refractivity contribution in [3.8, 4) is 0 Å². The number of hydrogen-bond acceptors (Lipinski definition) is 6. The Balaban J connectivity index is 2.25. The summed E-state index contributed by atoms with van der Waals surface area (Å²) in [6.45, 7) is 3.19. The molecule has 1 heterocycles. The topological polar surface area (TPSA) is 166 Å². The molecule has 2 rings (SSSR count). The van der Waals surface area contributed by atoms with Crippen LogP contribution in [0.1, 0.15) is 25.8 Å². The van der Waals surface area contributed by atoms with Gasteiger partial charge in [-0.05, 0) is 24.0 Å². The van der Waals surface area contributed by atoms with Gasteiger partial charge >= 0.3 is 5.97 Å². The Morgan fingerprint density at radius 1 is 1.06 bits per heavy atom. The van der Waals surface area contributed by atoms with E-state index in [2.05, 4.69) is 33.6 Å². The second-order valence-corrected chi connectivity index (χ2v) is 8.58. The maximum atomic E-state index is 13.2. The van der Waals surface area contributed by atoms with Crippen molar-refractivity contribution in [2.24, 2.45) is 11.7 Å². The number of carboxylic acid groups (broad SMARTS) is 1. The molecule has 0 fully saturated rings. The summed E-state index contributed by atoms with van der Waals surface area (Å²) in [5.41, 5.74) is 7.46. The van der Waals surface area contributed by atoms with Crippen LogP contribution in [0.15, 0.2) is 30.5 Å². The summed E-state index contributed by atoms with van der Waals surface area (Å²) in [5, 5.41) is 17.3. The molecule has 3 amide bonds. The average Bonchev–Trinajstić information content (AvgIpc) is 3.18. The Morgan fingerprint density at radius 2 is 1.73 bits per heavy atom. The predicted octanol–water partition coefficient (Wildman–Crippen LogP) is 0.184. The van der Waals surface area contributed by atoms with Gasteiger partial charge in [-0.1, -0.05) is 32.0 Å². The molecule has 0 aliphatic carbocycles. The van der Waals surface area contributed by atoms with Gasteiger partial charge in [0.1, 0.15) is 18.6 Å². The van der Waals surface area contributed by atoms with Crippen LogP contribution in [-0.4, -0.2) is 64.2 Å². The molecular weight excluding hydrogens is 446 g/mol. The number of amides is 3. The van der Waals surface area contributed by atoms with Gasteiger partial charge in [0.2, 0.25) is 17.7 Å². The number of fused-ring (bicyclic) bond motifs is 1. The van der Waals surface area contributed by atoms with Gasteiger partial charge in [-0.15, -0.1) is 0 Å². The lowest BCUT2D eigenvalue weighted by atomic mass is 10.0. The van der Waals surface area contributed by atoms with E-state index in [0.717, 1.165) is 16.5 Å². The molecular formula is C22H31N5O5S. The van der Waals surface area contributed by atoms with E-state index in [4.69, 9.17) is 10.8 Å². The van der Waals surface area contributed by atoms with Crippen molar-refractivity contribution in [3.63, 3.8) is 0 Å². The van der Waals surface area contributed by atoms with Gasteiger partial charge in [-0.3, -0.25) is 19.2 Å². The van der Waals surface area contributed by atoms with E-state index >= 15 is 0 Å². The molecule has 0 spiro atoms. The van der Waals surface area contributed by atoms with Crippen LogP contribution in [0.25, 0.3) is 10.9 Å². The van der Waals surface area contributed by atoms with E-state index in [1.165, 1.54) is 0 Å². The second kappa shape index (κ2) is 12.3. The number of aliphatic carboxylic acids is 1. The van der Waals surface area contributed by atoms with E-state index < -0.39 is 48.4 Å². The number of rotatable bonds is 12. The summed E-state index contributed by atoms with van der Waals surface area (Å²) >= 11 is 4.03. The van der Waals surface area contributed by atoms with Gasteiger partial charge in [-0.2, -0.15) is 12.6 Å². The molecule has 0 radical (unpaired) electrons. The number of para-hydroxylation sites is 1. The van der Waals surface area contributed by atoms with Crippen LogP contribution in [0.5, 0.6) is 0 Å². The smallest absolute Gasteiger partial charge is 0.322 e. The van der Waals surface area contributed by atoms with Crippen LogP contribution in [0, 0.1) is 5.92 Å². The number of H-pyrrole nitrogens is 1. The number of carbonyl (C=O) groups excluding carboxylic acids is 3. The van der Waals surface area contributed by atoms with Crippen LogP contribution < -0.4 is 21.7 Å². The summed E-state index contributed by atoms with van der Waals surface area (Å²) in [5.74, 6) is -2.77. The van der Waals surface area contributed by atoms with Crippen molar-refractivity contribution >= 4 is 47.2 Å². The molecule has 3 atom stereocenters. The number of nitrogens with two attached hydrogens (primary N) is 1. The molecule has 0 aliphatic rings. The fourth-order valence-corrected chi connectivity index (χ4v) is 3.52. The first kappa shape index (κ1) is 26.2. The number of aromatic nitrogens is 1. The standard InChI is InChI=1S/C22H31N5O5S/c1-12(2)7-17(21(31)25-10-19(28)29)27-22(32)18(26-20(30)15(23)11-33)8-13-9-24-16-6-4-3-5-14(13)16/h3-6,9,12,15,17-18,24,33H,7-8,10-11,23H2,1-2H3,(H,25,31)(H,26,30)(H,27,32)(H,28,29). The van der Waals surface area contributed by atoms with Crippen LogP contribution in [0.3, 0.4) is 0 Å². The number of carboxylic acids is 1. The summed E-state index contributed by atoms with van der Waals surface area (Å²) < 4.78 is 0. The highest BCUT2D eigenvalue weighted by molar-refractivity contribution is 7.80. The number of carbonyl (C=O) groups is 4. The fraction of sp³-hybridized carbons (Fsp3) is 0.455. The molecule has 0 aliphatic heterocycles. The molecule has 7 N–H and O–H groups in total. The summed E-state index contributed by atoms with van der Waals surface area (Å²) in [6.07, 6.45) is 2.22. The van der Waals surface area contributed by atoms with Crippen LogP contribution in [0.2, 0.25) is 0 Å². The molecule has 11 heteroatoms. The maximum absolute atomic E-state index is 13.2. The van der Waals surface area contributed by atoms with Gasteiger partial charge in [0.05, 0.1) is 6.04 Å². The second-order valence-electron chi connectivity index (χ2n) is 8.22. The monoisotopic (exact) mass is 477 g/mol. The highest BCUT2D eigenvalue weighted by Gasteiger charge is 2.29. The SMILES string of the molecule is CC(C)CC(NC(=O)C(Cc1c[nH]c2ccccc12)NC(=O)C(N)CS)C(=O)NCC(=O)O. The van der Waals surface area contributed by atoms with Gasteiger partial charge < -0.3 is 31.8 Å². The molecule has 10 nitrogen and oxygen atoms in total. The van der Waals surface area contributed by atoms with E-state index in [9.17, 15) is 19.2 Å². The van der Waals surface area contributed by atoms with Crippen molar-refractivity contribution in [3.05, 3.63) is 36.0 Å². The first-order chi connectivity index (χ1) is 15.6. The van der Waals surface area contributed by atoms with Crippen molar-refractivity contribution in [1.82, 2.24) is 20.9 Å².